The number of furan rings is 1. The molecule has 4 heterocycles. The van der Waals surface area contributed by atoms with Crippen LogP contribution in [0.15, 0.2) is 223 Å². The highest BCUT2D eigenvalue weighted by Gasteiger charge is 2.23. The number of fused-ring (bicyclic) bond motifs is 14. The standard InChI is InChI=1S/C62H36N4O/c1-2-16-39-35-56-50(34-38(39)15-1)44-30-29-40(65-53-26-11-7-21-48(53)59-41-17-4-3-14-37(41)28-32-55(59)65)36-57(44)66(56)54-33-31-46(42-18-5-6-19-43(42)54)60-61(64-52-25-10-9-24-51(52)63-60)49-23-13-22-47-45-20-8-12-27-58(45)67-62(47)49/h1-36H. The van der Waals surface area contributed by atoms with E-state index in [2.05, 4.69) is 191 Å². The fourth-order valence-electron chi connectivity index (χ4n) is 11.1. The number of hydrogen-bond donors (Lipinski definition) is 0. The zero-order valence-corrected chi connectivity index (χ0v) is 36.0. The molecule has 0 N–H and O–H groups in total. The molecule has 67 heavy (non-hydrogen) atoms. The van der Waals surface area contributed by atoms with Crippen LogP contribution in [0.4, 0.5) is 0 Å². The molecule has 4 aromatic heterocycles. The van der Waals surface area contributed by atoms with Crippen molar-refractivity contribution in [3.05, 3.63) is 218 Å². The predicted octanol–water partition coefficient (Wildman–Crippen LogP) is 16.5. The molecule has 0 atom stereocenters. The van der Waals surface area contributed by atoms with Gasteiger partial charge in [-0.1, -0.05) is 146 Å². The maximum Gasteiger partial charge on any atom is 0.144 e. The number of rotatable bonds is 4. The maximum atomic E-state index is 6.64. The van der Waals surface area contributed by atoms with Crippen molar-refractivity contribution < 1.29 is 4.42 Å². The second-order valence-corrected chi connectivity index (χ2v) is 17.7. The molecule has 0 saturated carbocycles. The second kappa shape index (κ2) is 13.7. The van der Waals surface area contributed by atoms with E-state index in [4.69, 9.17) is 14.4 Å². The van der Waals surface area contributed by atoms with Crippen LogP contribution in [-0.4, -0.2) is 19.1 Å². The van der Waals surface area contributed by atoms with Gasteiger partial charge in [-0.2, -0.15) is 0 Å². The summed E-state index contributed by atoms with van der Waals surface area (Å²) >= 11 is 0. The van der Waals surface area contributed by atoms with E-state index in [1.54, 1.807) is 0 Å². The molecule has 0 radical (unpaired) electrons. The first-order chi connectivity index (χ1) is 33.2. The summed E-state index contributed by atoms with van der Waals surface area (Å²) in [6.07, 6.45) is 0. The van der Waals surface area contributed by atoms with Crippen molar-refractivity contribution in [2.45, 2.75) is 0 Å². The van der Waals surface area contributed by atoms with Gasteiger partial charge in [-0.25, -0.2) is 9.97 Å². The quantitative estimate of drug-likeness (QED) is 0.177. The van der Waals surface area contributed by atoms with Crippen molar-refractivity contribution in [1.29, 1.82) is 0 Å². The van der Waals surface area contributed by atoms with Gasteiger partial charge < -0.3 is 13.6 Å². The summed E-state index contributed by atoms with van der Waals surface area (Å²) in [5.41, 5.74) is 13.7. The van der Waals surface area contributed by atoms with E-state index >= 15 is 0 Å². The Labute approximate surface area is 383 Å². The average Bonchev–Trinajstić information content (AvgIpc) is 4.05. The van der Waals surface area contributed by atoms with Crippen LogP contribution >= 0.6 is 0 Å². The van der Waals surface area contributed by atoms with Crippen molar-refractivity contribution in [2.24, 2.45) is 0 Å². The highest BCUT2D eigenvalue weighted by Crippen LogP contribution is 2.45. The van der Waals surface area contributed by atoms with Crippen LogP contribution in [0.2, 0.25) is 0 Å². The molecule has 0 amide bonds. The molecule has 0 aliphatic carbocycles. The van der Waals surface area contributed by atoms with Gasteiger partial charge in [0.05, 0.1) is 44.5 Å². The van der Waals surface area contributed by atoms with Crippen LogP contribution < -0.4 is 0 Å². The molecule has 5 heteroatoms. The summed E-state index contributed by atoms with van der Waals surface area (Å²) < 4.78 is 11.6. The van der Waals surface area contributed by atoms with Gasteiger partial charge in [-0.05, 0) is 99.7 Å². The Balaban J connectivity index is 1.01. The molecule has 11 aromatic carbocycles. The van der Waals surface area contributed by atoms with Crippen molar-refractivity contribution >= 4 is 109 Å². The summed E-state index contributed by atoms with van der Waals surface area (Å²) in [4.78, 5) is 10.8. The van der Waals surface area contributed by atoms with Gasteiger partial charge in [-0.15, -0.1) is 0 Å². The van der Waals surface area contributed by atoms with Gasteiger partial charge in [0.1, 0.15) is 16.9 Å². The third-order valence-electron chi connectivity index (χ3n) is 14.1. The summed E-state index contributed by atoms with van der Waals surface area (Å²) in [6.45, 7) is 0. The first-order valence-corrected chi connectivity index (χ1v) is 22.8. The van der Waals surface area contributed by atoms with Gasteiger partial charge in [-0.3, -0.25) is 0 Å². The van der Waals surface area contributed by atoms with Crippen LogP contribution in [0.5, 0.6) is 0 Å². The molecule has 5 nitrogen and oxygen atoms in total. The summed E-state index contributed by atoms with van der Waals surface area (Å²) in [5, 5.41) is 14.2. The van der Waals surface area contributed by atoms with Crippen molar-refractivity contribution in [1.82, 2.24) is 19.1 Å². The van der Waals surface area contributed by atoms with E-state index in [1.807, 2.05) is 36.4 Å². The Morgan fingerprint density at radius 2 is 0.970 bits per heavy atom. The van der Waals surface area contributed by atoms with Gasteiger partial charge >= 0.3 is 0 Å². The van der Waals surface area contributed by atoms with E-state index in [-0.39, 0.29) is 0 Å². The van der Waals surface area contributed by atoms with E-state index in [0.717, 1.165) is 88.7 Å². The first kappa shape index (κ1) is 36.3. The Bertz CT molecular complexity index is 4590. The molecular weight excluding hydrogens is 817 g/mol. The second-order valence-electron chi connectivity index (χ2n) is 17.7. The van der Waals surface area contributed by atoms with Crippen molar-refractivity contribution in [2.75, 3.05) is 0 Å². The van der Waals surface area contributed by atoms with Crippen LogP contribution in [-0.2, 0) is 0 Å². The zero-order valence-electron chi connectivity index (χ0n) is 36.0. The Morgan fingerprint density at radius 1 is 0.328 bits per heavy atom. The lowest BCUT2D eigenvalue weighted by atomic mass is 9.96. The predicted molar refractivity (Wildman–Crippen MR) is 279 cm³/mol. The summed E-state index contributed by atoms with van der Waals surface area (Å²) in [7, 11) is 0. The third kappa shape index (κ3) is 5.19. The average molecular weight is 853 g/mol. The lowest BCUT2D eigenvalue weighted by Gasteiger charge is -2.17. The number of aromatic nitrogens is 4. The lowest BCUT2D eigenvalue weighted by Crippen LogP contribution is -2.00. The molecule has 15 aromatic rings. The van der Waals surface area contributed by atoms with Gasteiger partial charge in [0.25, 0.3) is 0 Å². The first-order valence-electron chi connectivity index (χ1n) is 22.8. The molecule has 0 aliphatic rings. The topological polar surface area (TPSA) is 48.8 Å². The highest BCUT2D eigenvalue weighted by molar-refractivity contribution is 6.22. The van der Waals surface area contributed by atoms with Gasteiger partial charge in [0, 0.05) is 54.5 Å². The van der Waals surface area contributed by atoms with Crippen molar-refractivity contribution in [3.8, 4) is 33.9 Å². The SMILES string of the molecule is c1ccc2cc3c(cc2c1)c1ccc(-n2c4ccccc4c4c5ccccc5ccc42)cc1n3-c1ccc(-c2nc3ccccc3nc2-c2cccc3c2oc2ccccc23)c2ccccc12. The largest absolute Gasteiger partial charge is 0.455 e. The van der Waals surface area contributed by atoms with Crippen LogP contribution in [0.25, 0.3) is 143 Å². The van der Waals surface area contributed by atoms with E-state index in [1.165, 1.54) is 54.1 Å². The minimum atomic E-state index is 0.785. The smallest absolute Gasteiger partial charge is 0.144 e. The molecule has 0 unspecified atom stereocenters. The molecule has 0 bridgehead atoms. The third-order valence-corrected chi connectivity index (χ3v) is 14.1. The Kier molecular flexibility index (Phi) is 7.44. The Morgan fingerprint density at radius 3 is 1.81 bits per heavy atom. The number of nitrogens with zero attached hydrogens (tertiary/aromatic N) is 4. The number of hydrogen-bond acceptors (Lipinski definition) is 3. The van der Waals surface area contributed by atoms with Crippen molar-refractivity contribution in [3.63, 3.8) is 0 Å². The number of benzene rings is 11. The minimum Gasteiger partial charge on any atom is -0.455 e. The fourth-order valence-corrected chi connectivity index (χ4v) is 11.1. The van der Waals surface area contributed by atoms with Gasteiger partial charge in [0.15, 0.2) is 0 Å². The molecule has 15 rings (SSSR count). The van der Waals surface area contributed by atoms with E-state index < -0.39 is 0 Å². The lowest BCUT2D eigenvalue weighted by molar-refractivity contribution is 0.670. The van der Waals surface area contributed by atoms with E-state index in [9.17, 15) is 0 Å². The molecule has 0 spiro atoms. The summed E-state index contributed by atoms with van der Waals surface area (Å²) in [5.74, 6) is 0. The normalized spacial score (nSPS) is 12.2. The minimum absolute atomic E-state index is 0.785. The molecule has 0 saturated heterocycles. The van der Waals surface area contributed by atoms with E-state index in [0.29, 0.717) is 0 Å². The molecule has 0 aliphatic heterocycles. The fraction of sp³-hybridized carbons (Fsp3) is 0. The van der Waals surface area contributed by atoms with Crippen LogP contribution in [0.3, 0.4) is 0 Å². The van der Waals surface area contributed by atoms with Crippen LogP contribution in [0, 0.1) is 0 Å². The van der Waals surface area contributed by atoms with Gasteiger partial charge in [0.2, 0.25) is 0 Å². The zero-order chi connectivity index (χ0) is 43.7. The Hall–Kier alpha value is -9.06. The maximum absolute atomic E-state index is 6.64. The molecule has 310 valence electrons. The monoisotopic (exact) mass is 852 g/mol. The molecular formula is C62H36N4O. The molecule has 0 fully saturated rings. The summed E-state index contributed by atoms with van der Waals surface area (Å²) in [6, 6.07) is 78.5. The number of para-hydroxylation sites is 5. The highest BCUT2D eigenvalue weighted by atomic mass is 16.3. The van der Waals surface area contributed by atoms with Crippen LogP contribution in [0.1, 0.15) is 0 Å².